The van der Waals surface area contributed by atoms with Gasteiger partial charge in [-0.25, -0.2) is 15.0 Å². The Kier molecular flexibility index (Phi) is 7.78. The Morgan fingerprint density at radius 3 is 1.56 bits per heavy atom. The highest BCUT2D eigenvalue weighted by Crippen LogP contribution is 2.41. The molecular formula is C53H34N4. The van der Waals surface area contributed by atoms with Crippen molar-refractivity contribution in [3.05, 3.63) is 206 Å². The van der Waals surface area contributed by atoms with E-state index >= 15 is 0 Å². The molecule has 266 valence electrons. The average molecular weight is 727 g/mol. The summed E-state index contributed by atoms with van der Waals surface area (Å²) in [7, 11) is 0. The first-order valence-electron chi connectivity index (χ1n) is 19.3. The number of nitrogens with zero attached hydrogens (tertiary/aromatic N) is 4. The fourth-order valence-electron chi connectivity index (χ4n) is 8.22. The molecular weight excluding hydrogens is 693 g/mol. The number of hydrogen-bond acceptors (Lipinski definition) is 3. The molecule has 4 heteroatoms. The largest absolute Gasteiger partial charge is 0.309 e. The van der Waals surface area contributed by atoms with Crippen LogP contribution in [0, 0.1) is 0 Å². The standard InChI is InChI=1S/C53H34N4/c1-5-15-36(16-6-1)47-34-48(56-53(55-47)39-19-9-3-10-20-39)37-27-25-35(26-28-37)40-29-30-42-44-32-45-43-23-13-14-24-50(43)57(41-21-11-4-12-22-41)51(45)33-46(44)52(54-49(42)31-40)38-17-7-2-8-18-38/h1-34H. The summed E-state index contributed by atoms with van der Waals surface area (Å²) in [5.41, 5.74) is 13.6. The molecule has 0 amide bonds. The SMILES string of the molecule is c1ccc(-c2cc(-c3ccc(-c4ccc5c(c4)nc(-c4ccccc4)c4cc6c(cc45)c4ccccc4n6-c4ccccc4)cc3)nc(-c3ccccc3)n2)cc1. The molecule has 0 radical (unpaired) electrons. The van der Waals surface area contributed by atoms with Crippen molar-refractivity contribution < 1.29 is 0 Å². The third-order valence-electron chi connectivity index (χ3n) is 11.0. The van der Waals surface area contributed by atoms with E-state index in [4.69, 9.17) is 15.0 Å². The Hall–Kier alpha value is -7.69. The second-order valence-electron chi connectivity index (χ2n) is 14.4. The predicted molar refractivity (Wildman–Crippen MR) is 236 cm³/mol. The minimum absolute atomic E-state index is 0.708. The van der Waals surface area contributed by atoms with Gasteiger partial charge in [0.05, 0.1) is 33.6 Å². The fraction of sp³-hybridized carbons (Fsp3) is 0. The maximum absolute atomic E-state index is 5.44. The maximum Gasteiger partial charge on any atom is 0.160 e. The molecule has 8 aromatic carbocycles. The van der Waals surface area contributed by atoms with Gasteiger partial charge in [0.1, 0.15) is 0 Å². The fourth-order valence-corrected chi connectivity index (χ4v) is 8.22. The third-order valence-corrected chi connectivity index (χ3v) is 11.0. The Labute approximate surface area is 330 Å². The summed E-state index contributed by atoms with van der Waals surface area (Å²) >= 11 is 0. The Morgan fingerprint density at radius 2 is 0.860 bits per heavy atom. The lowest BCUT2D eigenvalue weighted by molar-refractivity contribution is 1.18. The van der Waals surface area contributed by atoms with E-state index in [2.05, 4.69) is 174 Å². The van der Waals surface area contributed by atoms with E-state index in [0.717, 1.165) is 72.4 Å². The molecule has 57 heavy (non-hydrogen) atoms. The van der Waals surface area contributed by atoms with Gasteiger partial charge < -0.3 is 4.57 Å². The van der Waals surface area contributed by atoms with Crippen LogP contribution in [0.15, 0.2) is 206 Å². The van der Waals surface area contributed by atoms with E-state index in [9.17, 15) is 0 Å². The van der Waals surface area contributed by atoms with Gasteiger partial charge in [-0.05, 0) is 59.0 Å². The topological polar surface area (TPSA) is 43.6 Å². The molecule has 0 spiro atoms. The minimum Gasteiger partial charge on any atom is -0.309 e. The highest BCUT2D eigenvalue weighted by molar-refractivity contribution is 6.20. The molecule has 11 aromatic rings. The summed E-state index contributed by atoms with van der Waals surface area (Å²) < 4.78 is 2.38. The van der Waals surface area contributed by atoms with Crippen molar-refractivity contribution in [1.82, 2.24) is 19.5 Å². The first-order chi connectivity index (χ1) is 28.2. The van der Waals surface area contributed by atoms with Gasteiger partial charge >= 0.3 is 0 Å². The lowest BCUT2D eigenvalue weighted by atomic mass is 9.95. The van der Waals surface area contributed by atoms with Crippen LogP contribution in [-0.2, 0) is 0 Å². The van der Waals surface area contributed by atoms with Crippen molar-refractivity contribution in [3.8, 4) is 62.0 Å². The van der Waals surface area contributed by atoms with Gasteiger partial charge in [0.25, 0.3) is 0 Å². The van der Waals surface area contributed by atoms with Crippen LogP contribution in [0.3, 0.4) is 0 Å². The molecule has 0 fully saturated rings. The van der Waals surface area contributed by atoms with Gasteiger partial charge in [-0.3, -0.25) is 0 Å². The number of benzene rings is 8. The van der Waals surface area contributed by atoms with Gasteiger partial charge in [-0.2, -0.15) is 0 Å². The number of para-hydroxylation sites is 2. The molecule has 0 unspecified atom stereocenters. The number of aromatic nitrogens is 4. The van der Waals surface area contributed by atoms with E-state index in [0.29, 0.717) is 5.82 Å². The Balaban J connectivity index is 1.06. The van der Waals surface area contributed by atoms with E-state index in [-0.39, 0.29) is 0 Å². The molecule has 4 nitrogen and oxygen atoms in total. The number of fused-ring (bicyclic) bond motifs is 6. The predicted octanol–water partition coefficient (Wildman–Crippen LogP) is 13.6. The summed E-state index contributed by atoms with van der Waals surface area (Å²) in [6.45, 7) is 0. The third kappa shape index (κ3) is 5.74. The van der Waals surface area contributed by atoms with Crippen LogP contribution in [0.5, 0.6) is 0 Å². The van der Waals surface area contributed by atoms with Crippen LogP contribution in [-0.4, -0.2) is 19.5 Å². The lowest BCUT2D eigenvalue weighted by Crippen LogP contribution is -1.96. The molecule has 0 aliphatic rings. The summed E-state index contributed by atoms with van der Waals surface area (Å²) in [5, 5.41) is 5.91. The summed E-state index contributed by atoms with van der Waals surface area (Å²) in [6, 6.07) is 72.6. The van der Waals surface area contributed by atoms with Gasteiger partial charge in [0.15, 0.2) is 5.82 Å². The monoisotopic (exact) mass is 726 g/mol. The first-order valence-corrected chi connectivity index (χ1v) is 19.3. The van der Waals surface area contributed by atoms with Gasteiger partial charge in [-0.15, -0.1) is 0 Å². The van der Waals surface area contributed by atoms with Crippen molar-refractivity contribution in [1.29, 1.82) is 0 Å². The van der Waals surface area contributed by atoms with Crippen molar-refractivity contribution in [2.75, 3.05) is 0 Å². The minimum atomic E-state index is 0.708. The Bertz CT molecular complexity index is 3190. The van der Waals surface area contributed by atoms with Crippen LogP contribution < -0.4 is 0 Å². The van der Waals surface area contributed by atoms with Crippen LogP contribution in [0.1, 0.15) is 0 Å². The zero-order valence-electron chi connectivity index (χ0n) is 30.9. The van der Waals surface area contributed by atoms with Crippen molar-refractivity contribution in [3.63, 3.8) is 0 Å². The van der Waals surface area contributed by atoms with Crippen LogP contribution in [0.4, 0.5) is 0 Å². The second kappa shape index (κ2) is 13.6. The van der Waals surface area contributed by atoms with Gasteiger partial charge in [0.2, 0.25) is 0 Å². The number of hydrogen-bond donors (Lipinski definition) is 0. The average Bonchev–Trinajstić information content (AvgIpc) is 3.62. The van der Waals surface area contributed by atoms with Crippen molar-refractivity contribution >= 4 is 43.5 Å². The highest BCUT2D eigenvalue weighted by Gasteiger charge is 2.18. The van der Waals surface area contributed by atoms with Crippen molar-refractivity contribution in [2.24, 2.45) is 0 Å². The van der Waals surface area contributed by atoms with Gasteiger partial charge in [0, 0.05) is 49.5 Å². The number of pyridine rings is 1. The molecule has 0 aliphatic heterocycles. The molecule has 0 aliphatic carbocycles. The molecule has 3 aromatic heterocycles. The highest BCUT2D eigenvalue weighted by atomic mass is 15.0. The molecule has 11 rings (SSSR count). The number of rotatable bonds is 6. The zero-order chi connectivity index (χ0) is 37.7. The molecule has 3 heterocycles. The molecule has 0 atom stereocenters. The van der Waals surface area contributed by atoms with Crippen LogP contribution >= 0.6 is 0 Å². The smallest absolute Gasteiger partial charge is 0.160 e. The summed E-state index contributed by atoms with van der Waals surface area (Å²) in [6.07, 6.45) is 0. The van der Waals surface area contributed by atoms with Crippen molar-refractivity contribution in [2.45, 2.75) is 0 Å². The normalized spacial score (nSPS) is 11.5. The second-order valence-corrected chi connectivity index (χ2v) is 14.4. The lowest BCUT2D eigenvalue weighted by Gasteiger charge is -2.14. The van der Waals surface area contributed by atoms with Crippen LogP contribution in [0.25, 0.3) is 105 Å². The molecule has 0 N–H and O–H groups in total. The molecule has 0 saturated heterocycles. The van der Waals surface area contributed by atoms with Crippen LogP contribution in [0.2, 0.25) is 0 Å². The van der Waals surface area contributed by atoms with E-state index in [1.54, 1.807) is 0 Å². The Morgan fingerprint density at radius 1 is 0.298 bits per heavy atom. The quantitative estimate of drug-likeness (QED) is 0.160. The first kappa shape index (κ1) is 32.7. The van der Waals surface area contributed by atoms with E-state index in [1.165, 1.54) is 27.2 Å². The summed E-state index contributed by atoms with van der Waals surface area (Å²) in [4.78, 5) is 15.5. The zero-order valence-corrected chi connectivity index (χ0v) is 30.9. The molecule has 0 bridgehead atoms. The van der Waals surface area contributed by atoms with Gasteiger partial charge in [-0.1, -0.05) is 164 Å². The van der Waals surface area contributed by atoms with E-state index in [1.807, 2.05) is 36.4 Å². The maximum atomic E-state index is 5.44. The molecule has 0 saturated carbocycles. The van der Waals surface area contributed by atoms with E-state index < -0.39 is 0 Å². The summed E-state index contributed by atoms with van der Waals surface area (Å²) in [5.74, 6) is 0.708.